The Morgan fingerprint density at radius 2 is 1.70 bits per heavy atom. The fraction of sp³-hybridized carbons (Fsp3) is 0.235. The maximum atomic E-state index is 11.9. The van der Waals surface area contributed by atoms with Gasteiger partial charge in [0, 0.05) is 15.7 Å². The normalized spacial score (nSPS) is 10.3. The minimum absolute atomic E-state index is 0.00491. The second kappa shape index (κ2) is 7.43. The van der Waals surface area contributed by atoms with Crippen molar-refractivity contribution in [3.63, 3.8) is 0 Å². The lowest BCUT2D eigenvalue weighted by molar-refractivity contribution is 0.0953. The van der Waals surface area contributed by atoms with Crippen LogP contribution in [-0.2, 0) is 6.42 Å². The van der Waals surface area contributed by atoms with E-state index in [2.05, 4.69) is 59.1 Å². The molecule has 0 saturated heterocycles. The van der Waals surface area contributed by atoms with Gasteiger partial charge in [-0.1, -0.05) is 29.8 Å². The van der Waals surface area contributed by atoms with Crippen LogP contribution in [0.25, 0.3) is 0 Å². The average Bonchev–Trinajstić information content (AvgIpc) is 2.46. The number of benzene rings is 2. The van der Waals surface area contributed by atoms with Gasteiger partial charge >= 0.3 is 0 Å². The number of carbonyl (C=O) groups is 1. The highest BCUT2D eigenvalue weighted by molar-refractivity contribution is 14.1. The van der Waals surface area contributed by atoms with Gasteiger partial charge in [-0.25, -0.2) is 0 Å². The highest BCUT2D eigenvalue weighted by atomic mass is 127. The molecular formula is C17H18INO. The van der Waals surface area contributed by atoms with Gasteiger partial charge < -0.3 is 5.32 Å². The maximum absolute atomic E-state index is 11.9. The molecule has 2 aromatic carbocycles. The van der Waals surface area contributed by atoms with Gasteiger partial charge in [0.15, 0.2) is 0 Å². The first kappa shape index (κ1) is 15.0. The highest BCUT2D eigenvalue weighted by Crippen LogP contribution is 2.07. The highest BCUT2D eigenvalue weighted by Gasteiger charge is 2.03. The van der Waals surface area contributed by atoms with Crippen LogP contribution in [0.1, 0.15) is 27.9 Å². The van der Waals surface area contributed by atoms with Crippen LogP contribution in [0.15, 0.2) is 48.5 Å². The van der Waals surface area contributed by atoms with Crippen LogP contribution in [0.2, 0.25) is 0 Å². The predicted molar refractivity (Wildman–Crippen MR) is 91.0 cm³/mol. The minimum atomic E-state index is 0.00491. The van der Waals surface area contributed by atoms with E-state index >= 15 is 0 Å². The van der Waals surface area contributed by atoms with E-state index in [0.29, 0.717) is 6.54 Å². The maximum Gasteiger partial charge on any atom is 0.251 e. The van der Waals surface area contributed by atoms with Crippen molar-refractivity contribution < 1.29 is 4.79 Å². The number of rotatable bonds is 5. The fourth-order valence-corrected chi connectivity index (χ4v) is 2.31. The van der Waals surface area contributed by atoms with E-state index < -0.39 is 0 Å². The first-order valence-electron chi connectivity index (χ1n) is 6.74. The SMILES string of the molecule is Cc1ccc(CCCNC(=O)c2ccc(I)cc2)cc1. The molecule has 0 saturated carbocycles. The van der Waals surface area contributed by atoms with Crippen LogP contribution in [0.4, 0.5) is 0 Å². The molecule has 0 aliphatic carbocycles. The number of aryl methyl sites for hydroxylation is 2. The molecule has 104 valence electrons. The molecule has 0 aliphatic heterocycles. The summed E-state index contributed by atoms with van der Waals surface area (Å²) >= 11 is 2.23. The van der Waals surface area contributed by atoms with Crippen LogP contribution < -0.4 is 5.32 Å². The third-order valence-corrected chi connectivity index (χ3v) is 3.87. The molecule has 0 aromatic heterocycles. The van der Waals surface area contributed by atoms with Crippen molar-refractivity contribution >= 4 is 28.5 Å². The van der Waals surface area contributed by atoms with Crippen LogP contribution in [0.5, 0.6) is 0 Å². The second-order valence-electron chi connectivity index (χ2n) is 4.85. The zero-order chi connectivity index (χ0) is 14.4. The summed E-state index contributed by atoms with van der Waals surface area (Å²) in [6, 6.07) is 16.2. The lowest BCUT2D eigenvalue weighted by Gasteiger charge is -2.06. The Morgan fingerprint density at radius 3 is 2.35 bits per heavy atom. The summed E-state index contributed by atoms with van der Waals surface area (Å²) in [4.78, 5) is 11.9. The third kappa shape index (κ3) is 4.63. The Hall–Kier alpha value is -1.36. The summed E-state index contributed by atoms with van der Waals surface area (Å²) in [6.45, 7) is 2.80. The smallest absolute Gasteiger partial charge is 0.251 e. The van der Waals surface area contributed by atoms with Gasteiger partial charge in [0.05, 0.1) is 0 Å². The summed E-state index contributed by atoms with van der Waals surface area (Å²) < 4.78 is 1.14. The van der Waals surface area contributed by atoms with Gasteiger partial charge in [0.2, 0.25) is 0 Å². The Kier molecular flexibility index (Phi) is 5.59. The molecule has 0 radical (unpaired) electrons. The quantitative estimate of drug-likeness (QED) is 0.619. The zero-order valence-electron chi connectivity index (χ0n) is 11.5. The molecule has 0 spiro atoms. The lowest BCUT2D eigenvalue weighted by atomic mass is 10.1. The summed E-state index contributed by atoms with van der Waals surface area (Å²) in [6.07, 6.45) is 1.95. The number of nitrogens with one attached hydrogen (secondary N) is 1. The number of halogens is 1. The van der Waals surface area contributed by atoms with E-state index in [4.69, 9.17) is 0 Å². The van der Waals surface area contributed by atoms with Gasteiger partial charge in [-0.2, -0.15) is 0 Å². The van der Waals surface area contributed by atoms with Crippen LogP contribution in [-0.4, -0.2) is 12.5 Å². The lowest BCUT2D eigenvalue weighted by Crippen LogP contribution is -2.24. The molecule has 2 rings (SSSR count). The van der Waals surface area contributed by atoms with Crippen LogP contribution in [0, 0.1) is 10.5 Å². The third-order valence-electron chi connectivity index (χ3n) is 3.15. The summed E-state index contributed by atoms with van der Waals surface area (Å²) in [5, 5.41) is 2.96. The van der Waals surface area contributed by atoms with Crippen molar-refractivity contribution in [3.8, 4) is 0 Å². The molecule has 2 aromatic rings. The van der Waals surface area contributed by atoms with E-state index in [9.17, 15) is 4.79 Å². The standard InChI is InChI=1S/C17H18INO/c1-13-4-6-14(7-5-13)3-2-12-19-17(20)15-8-10-16(18)11-9-15/h4-11H,2-3,12H2,1H3,(H,19,20). The molecule has 0 heterocycles. The predicted octanol–water partition coefficient (Wildman–Crippen LogP) is 3.96. The molecule has 0 atom stereocenters. The first-order chi connectivity index (χ1) is 9.65. The van der Waals surface area contributed by atoms with E-state index in [0.717, 1.165) is 22.0 Å². The van der Waals surface area contributed by atoms with E-state index in [1.54, 1.807) is 0 Å². The first-order valence-corrected chi connectivity index (χ1v) is 7.82. The van der Waals surface area contributed by atoms with E-state index in [-0.39, 0.29) is 5.91 Å². The Balaban J connectivity index is 1.74. The molecule has 2 nitrogen and oxygen atoms in total. The molecule has 0 aliphatic rings. The van der Waals surface area contributed by atoms with Gasteiger partial charge in [-0.05, 0) is 72.2 Å². The van der Waals surface area contributed by atoms with Gasteiger partial charge in [-0.15, -0.1) is 0 Å². The summed E-state index contributed by atoms with van der Waals surface area (Å²) in [5.74, 6) is 0.00491. The van der Waals surface area contributed by atoms with Crippen molar-refractivity contribution in [2.45, 2.75) is 19.8 Å². The molecular weight excluding hydrogens is 361 g/mol. The second-order valence-corrected chi connectivity index (χ2v) is 6.10. The Morgan fingerprint density at radius 1 is 1.05 bits per heavy atom. The molecule has 1 N–H and O–H groups in total. The molecule has 3 heteroatoms. The van der Waals surface area contributed by atoms with Crippen molar-refractivity contribution in [2.75, 3.05) is 6.54 Å². The summed E-state index contributed by atoms with van der Waals surface area (Å²) in [5.41, 5.74) is 3.32. The molecule has 0 unspecified atom stereocenters. The average molecular weight is 379 g/mol. The van der Waals surface area contributed by atoms with Crippen molar-refractivity contribution in [1.82, 2.24) is 5.32 Å². The van der Waals surface area contributed by atoms with Crippen LogP contribution >= 0.6 is 22.6 Å². The monoisotopic (exact) mass is 379 g/mol. The number of hydrogen-bond donors (Lipinski definition) is 1. The molecule has 0 fully saturated rings. The Labute approximate surface area is 133 Å². The number of hydrogen-bond acceptors (Lipinski definition) is 1. The molecule has 0 bridgehead atoms. The molecule has 1 amide bonds. The zero-order valence-corrected chi connectivity index (χ0v) is 13.7. The van der Waals surface area contributed by atoms with Crippen molar-refractivity contribution in [3.05, 3.63) is 68.8 Å². The largest absolute Gasteiger partial charge is 0.352 e. The number of amides is 1. The van der Waals surface area contributed by atoms with E-state index in [1.807, 2.05) is 24.3 Å². The van der Waals surface area contributed by atoms with Gasteiger partial charge in [0.25, 0.3) is 5.91 Å². The Bertz CT molecular complexity index is 561. The van der Waals surface area contributed by atoms with Crippen molar-refractivity contribution in [1.29, 1.82) is 0 Å². The van der Waals surface area contributed by atoms with Crippen molar-refractivity contribution in [2.24, 2.45) is 0 Å². The minimum Gasteiger partial charge on any atom is -0.352 e. The summed E-state index contributed by atoms with van der Waals surface area (Å²) in [7, 11) is 0. The van der Waals surface area contributed by atoms with E-state index in [1.165, 1.54) is 11.1 Å². The van der Waals surface area contributed by atoms with Gasteiger partial charge in [-0.3, -0.25) is 4.79 Å². The number of carbonyl (C=O) groups excluding carboxylic acids is 1. The topological polar surface area (TPSA) is 29.1 Å². The van der Waals surface area contributed by atoms with Gasteiger partial charge in [0.1, 0.15) is 0 Å². The van der Waals surface area contributed by atoms with Crippen LogP contribution in [0.3, 0.4) is 0 Å². The molecule has 20 heavy (non-hydrogen) atoms. The fourth-order valence-electron chi connectivity index (χ4n) is 1.95.